The molecule has 0 amide bonds. The molecule has 0 bridgehead atoms. The Bertz CT molecular complexity index is 939. The van der Waals surface area contributed by atoms with E-state index in [0.29, 0.717) is 12.0 Å². The zero-order valence-electron chi connectivity index (χ0n) is 16.9. The van der Waals surface area contributed by atoms with E-state index in [9.17, 15) is 0 Å². The van der Waals surface area contributed by atoms with Crippen LogP contribution in [0.5, 0.6) is 0 Å². The molecule has 1 N–H and O–H groups in total. The summed E-state index contributed by atoms with van der Waals surface area (Å²) >= 11 is 0. The Labute approximate surface area is 155 Å². The van der Waals surface area contributed by atoms with Gasteiger partial charge in [0, 0.05) is 30.5 Å². The van der Waals surface area contributed by atoms with Crippen LogP contribution in [0.2, 0.25) is 0 Å². The van der Waals surface area contributed by atoms with Crippen LogP contribution in [-0.2, 0) is 0 Å². The lowest BCUT2D eigenvalue weighted by atomic mass is 10.1. The van der Waals surface area contributed by atoms with Crippen LogP contribution in [0, 0.1) is 13.8 Å². The number of fused-ring (bicyclic) bond motifs is 1. The van der Waals surface area contributed by atoms with Crippen LogP contribution in [0.15, 0.2) is 18.3 Å². The van der Waals surface area contributed by atoms with E-state index < -0.39 is 0 Å². The summed E-state index contributed by atoms with van der Waals surface area (Å²) < 4.78 is 2.24. The molecular formula is C21H29N5. The smallest absolute Gasteiger partial charge is 0.159 e. The lowest BCUT2D eigenvalue weighted by Crippen LogP contribution is -2.06. The third-order valence-corrected chi connectivity index (χ3v) is 5.07. The van der Waals surface area contributed by atoms with Crippen LogP contribution in [-0.4, -0.2) is 26.6 Å². The molecule has 1 atom stereocenters. The van der Waals surface area contributed by atoms with Crippen molar-refractivity contribution in [3.8, 4) is 11.3 Å². The molecule has 138 valence electrons. The minimum absolute atomic E-state index is 0.387. The average molecular weight is 351 g/mol. The highest BCUT2D eigenvalue weighted by Gasteiger charge is 2.18. The predicted octanol–water partition coefficient (Wildman–Crippen LogP) is 5.25. The second-order valence-corrected chi connectivity index (χ2v) is 7.34. The van der Waals surface area contributed by atoms with Crippen molar-refractivity contribution in [3.63, 3.8) is 0 Å². The molecule has 0 radical (unpaired) electrons. The number of hydrogen-bond donors (Lipinski definition) is 1. The minimum Gasteiger partial charge on any atom is -0.373 e. The van der Waals surface area contributed by atoms with Crippen molar-refractivity contribution in [1.82, 2.24) is 19.5 Å². The molecule has 0 fully saturated rings. The maximum atomic E-state index is 5.00. The first-order valence-corrected chi connectivity index (χ1v) is 9.42. The van der Waals surface area contributed by atoms with Gasteiger partial charge in [-0.2, -0.15) is 0 Å². The van der Waals surface area contributed by atoms with Gasteiger partial charge in [0.2, 0.25) is 0 Å². The van der Waals surface area contributed by atoms with Crippen LogP contribution < -0.4 is 5.32 Å². The first-order chi connectivity index (χ1) is 12.4. The molecule has 3 aromatic heterocycles. The third kappa shape index (κ3) is 3.06. The normalized spacial score (nSPS) is 12.8. The van der Waals surface area contributed by atoms with Crippen LogP contribution in [0.25, 0.3) is 22.4 Å². The van der Waals surface area contributed by atoms with E-state index in [0.717, 1.165) is 51.6 Å². The molecule has 0 aliphatic heterocycles. The molecular weight excluding hydrogens is 322 g/mol. The fourth-order valence-electron chi connectivity index (χ4n) is 3.25. The first kappa shape index (κ1) is 18.4. The molecule has 0 saturated heterocycles. The summed E-state index contributed by atoms with van der Waals surface area (Å²) in [7, 11) is 1.90. The Morgan fingerprint density at radius 2 is 1.81 bits per heavy atom. The number of nitrogens with one attached hydrogen (secondary N) is 1. The Morgan fingerprint density at radius 3 is 2.42 bits per heavy atom. The van der Waals surface area contributed by atoms with Gasteiger partial charge in [0.25, 0.3) is 0 Å². The summed E-state index contributed by atoms with van der Waals surface area (Å²) in [5, 5.41) is 3.23. The number of rotatable bonds is 5. The standard InChI is InChI=1S/C21H29N5/c1-8-14(5)26-11-13(4)18-21(26)23-15(6)19(25-18)16-9-10-17(12(2)3)24-20(16)22-7/h9-12,14H,8H2,1-7H3,(H,22,24). The fraction of sp³-hybridized carbons (Fsp3) is 0.476. The van der Waals surface area contributed by atoms with Gasteiger partial charge >= 0.3 is 0 Å². The van der Waals surface area contributed by atoms with Gasteiger partial charge in [-0.15, -0.1) is 0 Å². The number of anilines is 1. The zero-order valence-corrected chi connectivity index (χ0v) is 16.9. The van der Waals surface area contributed by atoms with Gasteiger partial charge in [-0.1, -0.05) is 20.8 Å². The molecule has 3 heterocycles. The van der Waals surface area contributed by atoms with Crippen molar-refractivity contribution >= 4 is 17.0 Å². The van der Waals surface area contributed by atoms with E-state index in [4.69, 9.17) is 15.0 Å². The molecule has 0 aliphatic carbocycles. The summed E-state index contributed by atoms with van der Waals surface area (Å²) in [6.45, 7) is 12.9. The average Bonchev–Trinajstić information content (AvgIpc) is 2.95. The van der Waals surface area contributed by atoms with Gasteiger partial charge in [-0.3, -0.25) is 0 Å². The minimum atomic E-state index is 0.387. The van der Waals surface area contributed by atoms with Crippen LogP contribution >= 0.6 is 0 Å². The summed E-state index contributed by atoms with van der Waals surface area (Å²) in [6.07, 6.45) is 3.23. The number of nitrogens with zero attached hydrogens (tertiary/aromatic N) is 4. The molecule has 0 aliphatic rings. The summed E-state index contributed by atoms with van der Waals surface area (Å²) in [5.74, 6) is 1.24. The van der Waals surface area contributed by atoms with Gasteiger partial charge in [0.05, 0.1) is 11.4 Å². The van der Waals surface area contributed by atoms with Gasteiger partial charge in [0.1, 0.15) is 11.3 Å². The molecule has 3 rings (SSSR count). The van der Waals surface area contributed by atoms with Gasteiger partial charge in [-0.25, -0.2) is 15.0 Å². The topological polar surface area (TPSA) is 55.6 Å². The molecule has 3 aromatic rings. The largest absolute Gasteiger partial charge is 0.373 e. The number of aromatic nitrogens is 4. The van der Waals surface area contributed by atoms with E-state index in [-0.39, 0.29) is 0 Å². The molecule has 0 aromatic carbocycles. The van der Waals surface area contributed by atoms with Gasteiger partial charge in [0.15, 0.2) is 5.65 Å². The SMILES string of the molecule is CCC(C)n1cc(C)c2nc(-c3ccc(C(C)C)nc3NC)c(C)nc21. The monoisotopic (exact) mass is 351 g/mol. The molecule has 5 nitrogen and oxygen atoms in total. The molecule has 0 spiro atoms. The lowest BCUT2D eigenvalue weighted by molar-refractivity contribution is 0.543. The quantitative estimate of drug-likeness (QED) is 0.682. The molecule has 1 unspecified atom stereocenters. The lowest BCUT2D eigenvalue weighted by Gasteiger charge is -2.15. The van der Waals surface area contributed by atoms with Crippen LogP contribution in [0.3, 0.4) is 0 Å². The van der Waals surface area contributed by atoms with E-state index in [1.165, 1.54) is 0 Å². The van der Waals surface area contributed by atoms with Crippen LogP contribution in [0.4, 0.5) is 5.82 Å². The van der Waals surface area contributed by atoms with Crippen molar-refractivity contribution in [1.29, 1.82) is 0 Å². The molecule has 0 saturated carbocycles. The maximum absolute atomic E-state index is 5.00. The van der Waals surface area contributed by atoms with E-state index >= 15 is 0 Å². The van der Waals surface area contributed by atoms with Crippen LogP contribution in [0.1, 0.15) is 63.0 Å². The second kappa shape index (κ2) is 7.06. The highest BCUT2D eigenvalue weighted by molar-refractivity contribution is 5.82. The predicted molar refractivity (Wildman–Crippen MR) is 109 cm³/mol. The van der Waals surface area contributed by atoms with Crippen molar-refractivity contribution in [3.05, 3.63) is 35.3 Å². The second-order valence-electron chi connectivity index (χ2n) is 7.34. The zero-order chi connectivity index (χ0) is 19.0. The highest BCUT2D eigenvalue weighted by Crippen LogP contribution is 2.32. The van der Waals surface area contributed by atoms with E-state index in [1.807, 2.05) is 14.0 Å². The summed E-state index contributed by atoms with van der Waals surface area (Å²) in [4.78, 5) is 14.7. The first-order valence-electron chi connectivity index (χ1n) is 9.42. The van der Waals surface area contributed by atoms with Crippen molar-refractivity contribution < 1.29 is 0 Å². The number of hydrogen-bond acceptors (Lipinski definition) is 4. The Kier molecular flexibility index (Phi) is 4.99. The summed E-state index contributed by atoms with van der Waals surface area (Å²) in [6, 6.07) is 4.60. The van der Waals surface area contributed by atoms with Crippen molar-refractivity contribution in [2.75, 3.05) is 12.4 Å². The summed E-state index contributed by atoms with van der Waals surface area (Å²) in [5.41, 5.74) is 7.00. The highest BCUT2D eigenvalue weighted by atomic mass is 15.1. The van der Waals surface area contributed by atoms with Gasteiger partial charge < -0.3 is 9.88 Å². The third-order valence-electron chi connectivity index (χ3n) is 5.07. The number of aryl methyl sites for hydroxylation is 2. The maximum Gasteiger partial charge on any atom is 0.159 e. The Balaban J connectivity index is 2.21. The molecule has 26 heavy (non-hydrogen) atoms. The fourth-order valence-corrected chi connectivity index (χ4v) is 3.25. The van der Waals surface area contributed by atoms with Crippen molar-refractivity contribution in [2.45, 2.75) is 59.9 Å². The Hall–Kier alpha value is -2.43. The molecule has 5 heteroatoms. The Morgan fingerprint density at radius 1 is 1.08 bits per heavy atom. The van der Waals surface area contributed by atoms with E-state index in [2.05, 4.69) is 62.8 Å². The van der Waals surface area contributed by atoms with E-state index in [1.54, 1.807) is 0 Å². The van der Waals surface area contributed by atoms with Crippen molar-refractivity contribution in [2.24, 2.45) is 0 Å². The number of pyridine rings is 1. The van der Waals surface area contributed by atoms with Gasteiger partial charge in [-0.05, 0) is 50.8 Å².